The number of nitriles is 1. The maximum absolute atomic E-state index is 11.0. The molecule has 11 heavy (non-hydrogen) atoms. The van der Waals surface area contributed by atoms with Crippen LogP contribution in [0.1, 0.15) is 11.1 Å². The Balaban J connectivity index is 3.47. The summed E-state index contributed by atoms with van der Waals surface area (Å²) < 4.78 is 1.39. The van der Waals surface area contributed by atoms with Gasteiger partial charge in [0.05, 0.1) is 5.56 Å². The van der Waals surface area contributed by atoms with Gasteiger partial charge in [-0.05, 0) is 12.5 Å². The van der Waals surface area contributed by atoms with Crippen LogP contribution in [0.15, 0.2) is 17.1 Å². The molecule has 1 aromatic heterocycles. The summed E-state index contributed by atoms with van der Waals surface area (Å²) in [5, 5.41) is 8.57. The lowest BCUT2D eigenvalue weighted by Gasteiger charge is -1.98. The quantitative estimate of drug-likeness (QED) is 0.539. The summed E-state index contributed by atoms with van der Waals surface area (Å²) in [5.74, 6) is 0. The molecule has 0 aliphatic carbocycles. The van der Waals surface area contributed by atoms with Crippen molar-refractivity contribution in [2.75, 3.05) is 0 Å². The molecule has 1 heterocycles. The number of aryl methyl sites for hydroxylation is 2. The van der Waals surface area contributed by atoms with E-state index in [1.54, 1.807) is 14.0 Å². The molecule has 0 bridgehead atoms. The Hall–Kier alpha value is -1.56. The van der Waals surface area contributed by atoms with E-state index in [-0.39, 0.29) is 5.56 Å². The third kappa shape index (κ3) is 1.30. The molecule has 0 atom stereocenters. The first kappa shape index (κ1) is 7.55. The third-order valence-corrected chi connectivity index (χ3v) is 1.56. The number of rotatable bonds is 0. The normalized spacial score (nSPS) is 9.18. The lowest BCUT2D eigenvalue weighted by Crippen LogP contribution is -2.15. The summed E-state index contributed by atoms with van der Waals surface area (Å²) in [6.07, 6.45) is 1.54. The molecule has 0 aromatic carbocycles. The first-order valence-corrected chi connectivity index (χ1v) is 3.22. The molecule has 0 spiro atoms. The van der Waals surface area contributed by atoms with Gasteiger partial charge in [-0.25, -0.2) is 0 Å². The molecule has 0 aliphatic heterocycles. The fourth-order valence-electron chi connectivity index (χ4n) is 0.841. The van der Waals surface area contributed by atoms with Crippen molar-refractivity contribution in [3.8, 4) is 6.07 Å². The monoisotopic (exact) mass is 148 g/mol. The number of nitrogens with zero attached hydrogens (tertiary/aromatic N) is 2. The van der Waals surface area contributed by atoms with Gasteiger partial charge in [0, 0.05) is 19.3 Å². The fourth-order valence-corrected chi connectivity index (χ4v) is 0.841. The second-order valence-electron chi connectivity index (χ2n) is 2.43. The number of aromatic nitrogens is 1. The van der Waals surface area contributed by atoms with Crippen molar-refractivity contribution in [3.63, 3.8) is 0 Å². The summed E-state index contributed by atoms with van der Waals surface area (Å²) in [4.78, 5) is 11.0. The molecule has 3 heteroatoms. The molecule has 0 radical (unpaired) electrons. The van der Waals surface area contributed by atoms with Gasteiger partial charge in [0.15, 0.2) is 0 Å². The van der Waals surface area contributed by atoms with Crippen LogP contribution in [0, 0.1) is 18.3 Å². The second kappa shape index (κ2) is 2.59. The van der Waals surface area contributed by atoms with E-state index in [1.807, 2.05) is 6.07 Å². The zero-order chi connectivity index (χ0) is 8.43. The zero-order valence-electron chi connectivity index (χ0n) is 6.46. The van der Waals surface area contributed by atoms with Crippen LogP contribution < -0.4 is 5.56 Å². The number of pyridine rings is 1. The maximum Gasteiger partial charge on any atom is 0.250 e. The van der Waals surface area contributed by atoms with E-state index in [1.165, 1.54) is 16.8 Å². The number of hydrogen-bond donors (Lipinski definition) is 0. The third-order valence-electron chi connectivity index (χ3n) is 1.56. The Labute approximate surface area is 64.5 Å². The van der Waals surface area contributed by atoms with Crippen LogP contribution in [0.3, 0.4) is 0 Å². The highest BCUT2D eigenvalue weighted by molar-refractivity contribution is 5.33. The van der Waals surface area contributed by atoms with Gasteiger partial charge in [-0.3, -0.25) is 4.79 Å². The Morgan fingerprint density at radius 1 is 1.64 bits per heavy atom. The SMILES string of the molecule is Cc1cc(=O)n(C)cc1C#N. The highest BCUT2D eigenvalue weighted by Gasteiger charge is 1.98. The van der Waals surface area contributed by atoms with Gasteiger partial charge in [0.1, 0.15) is 6.07 Å². The minimum atomic E-state index is -0.0819. The molecule has 0 amide bonds. The largest absolute Gasteiger partial charge is 0.317 e. The van der Waals surface area contributed by atoms with E-state index >= 15 is 0 Å². The lowest BCUT2D eigenvalue weighted by molar-refractivity contribution is 0.852. The summed E-state index contributed by atoms with van der Waals surface area (Å²) in [5.41, 5.74) is 1.20. The highest BCUT2D eigenvalue weighted by Crippen LogP contribution is 2.00. The van der Waals surface area contributed by atoms with E-state index in [0.29, 0.717) is 5.56 Å². The highest BCUT2D eigenvalue weighted by atomic mass is 16.1. The van der Waals surface area contributed by atoms with Gasteiger partial charge >= 0.3 is 0 Å². The van der Waals surface area contributed by atoms with Crippen molar-refractivity contribution in [2.24, 2.45) is 7.05 Å². The van der Waals surface area contributed by atoms with Gasteiger partial charge in [0.2, 0.25) is 0 Å². The van der Waals surface area contributed by atoms with Crippen LogP contribution in [0.5, 0.6) is 0 Å². The molecule has 0 saturated heterocycles. The predicted molar refractivity (Wildman–Crippen MR) is 41.1 cm³/mol. The summed E-state index contributed by atoms with van der Waals surface area (Å²) in [6.45, 7) is 1.75. The molecular formula is C8H8N2O. The second-order valence-corrected chi connectivity index (χ2v) is 2.43. The van der Waals surface area contributed by atoms with Crippen LogP contribution in [-0.2, 0) is 7.05 Å². The van der Waals surface area contributed by atoms with Crippen LogP contribution in [0.4, 0.5) is 0 Å². The standard InChI is InChI=1S/C8H8N2O/c1-6-3-8(11)10(2)5-7(6)4-9/h3,5H,1-2H3. The molecule has 0 saturated carbocycles. The van der Waals surface area contributed by atoms with Crippen LogP contribution >= 0.6 is 0 Å². The van der Waals surface area contributed by atoms with Crippen molar-refractivity contribution in [2.45, 2.75) is 6.92 Å². The minimum Gasteiger partial charge on any atom is -0.317 e. The van der Waals surface area contributed by atoms with Gasteiger partial charge in [0.25, 0.3) is 5.56 Å². The number of hydrogen-bond acceptors (Lipinski definition) is 2. The Morgan fingerprint density at radius 2 is 2.27 bits per heavy atom. The van der Waals surface area contributed by atoms with Crippen LogP contribution in [0.25, 0.3) is 0 Å². The molecule has 0 unspecified atom stereocenters. The van der Waals surface area contributed by atoms with Gasteiger partial charge in [-0.1, -0.05) is 0 Å². The van der Waals surface area contributed by atoms with E-state index < -0.39 is 0 Å². The summed E-state index contributed by atoms with van der Waals surface area (Å²) in [7, 11) is 1.63. The minimum absolute atomic E-state index is 0.0819. The average Bonchev–Trinajstić information content (AvgIpc) is 1.97. The Bertz CT molecular complexity index is 371. The molecule has 0 fully saturated rings. The lowest BCUT2D eigenvalue weighted by atomic mass is 10.2. The van der Waals surface area contributed by atoms with Crippen molar-refractivity contribution in [1.29, 1.82) is 5.26 Å². The smallest absolute Gasteiger partial charge is 0.250 e. The predicted octanol–water partition coefficient (Wildman–Crippen LogP) is 0.565. The van der Waals surface area contributed by atoms with E-state index in [4.69, 9.17) is 5.26 Å². The van der Waals surface area contributed by atoms with Crippen molar-refractivity contribution in [3.05, 3.63) is 33.7 Å². The first-order valence-electron chi connectivity index (χ1n) is 3.22. The maximum atomic E-state index is 11.0. The first-order chi connectivity index (χ1) is 5.15. The molecule has 1 aromatic rings. The molecule has 3 nitrogen and oxygen atoms in total. The Morgan fingerprint density at radius 3 is 2.82 bits per heavy atom. The topological polar surface area (TPSA) is 45.8 Å². The van der Waals surface area contributed by atoms with Crippen molar-refractivity contribution in [1.82, 2.24) is 4.57 Å². The van der Waals surface area contributed by atoms with Crippen LogP contribution in [-0.4, -0.2) is 4.57 Å². The van der Waals surface area contributed by atoms with Gasteiger partial charge < -0.3 is 4.57 Å². The van der Waals surface area contributed by atoms with Crippen LogP contribution in [0.2, 0.25) is 0 Å². The van der Waals surface area contributed by atoms with Gasteiger partial charge in [-0.2, -0.15) is 5.26 Å². The molecule has 1 rings (SSSR count). The molecule has 0 aliphatic rings. The van der Waals surface area contributed by atoms with Crippen molar-refractivity contribution < 1.29 is 0 Å². The summed E-state index contributed by atoms with van der Waals surface area (Å²) in [6, 6.07) is 3.46. The van der Waals surface area contributed by atoms with Gasteiger partial charge in [-0.15, -0.1) is 0 Å². The van der Waals surface area contributed by atoms with E-state index in [9.17, 15) is 4.79 Å². The van der Waals surface area contributed by atoms with E-state index in [0.717, 1.165) is 5.56 Å². The zero-order valence-corrected chi connectivity index (χ0v) is 6.46. The molecular weight excluding hydrogens is 140 g/mol. The molecule has 56 valence electrons. The molecule has 0 N–H and O–H groups in total. The van der Waals surface area contributed by atoms with E-state index in [2.05, 4.69) is 0 Å². The fraction of sp³-hybridized carbons (Fsp3) is 0.250. The van der Waals surface area contributed by atoms with Crippen molar-refractivity contribution >= 4 is 0 Å². The summed E-state index contributed by atoms with van der Waals surface area (Å²) >= 11 is 0. The average molecular weight is 148 g/mol. The Kier molecular flexibility index (Phi) is 1.77.